The molecule has 0 radical (unpaired) electrons. The van der Waals surface area contributed by atoms with E-state index in [9.17, 15) is 9.59 Å². The van der Waals surface area contributed by atoms with Crippen molar-refractivity contribution in [2.45, 2.75) is 25.8 Å². The first-order valence-electron chi connectivity index (χ1n) is 7.67. The van der Waals surface area contributed by atoms with Crippen molar-refractivity contribution in [2.75, 3.05) is 6.54 Å². The average Bonchev–Trinajstić information content (AvgIpc) is 3.24. The first-order chi connectivity index (χ1) is 11.1. The first kappa shape index (κ1) is 13.8. The van der Waals surface area contributed by atoms with Gasteiger partial charge in [0.15, 0.2) is 0 Å². The summed E-state index contributed by atoms with van der Waals surface area (Å²) in [6.07, 6.45) is 3.20. The Labute approximate surface area is 131 Å². The second kappa shape index (κ2) is 5.12. The number of carbonyl (C=O) groups is 1. The number of carbonyl (C=O) groups excluding carboxylic acids is 1. The number of H-pyrrole nitrogens is 3. The molecule has 23 heavy (non-hydrogen) atoms. The van der Waals surface area contributed by atoms with Gasteiger partial charge in [0.2, 0.25) is 0 Å². The van der Waals surface area contributed by atoms with Gasteiger partial charge in [-0.2, -0.15) is 0 Å². The van der Waals surface area contributed by atoms with E-state index in [2.05, 4.69) is 15.0 Å². The molecule has 0 saturated carbocycles. The predicted molar refractivity (Wildman–Crippen MR) is 85.3 cm³/mol. The smallest absolute Gasteiger partial charge is 0.323 e. The summed E-state index contributed by atoms with van der Waals surface area (Å²) in [7, 11) is 0. The third-order valence-electron chi connectivity index (χ3n) is 4.39. The molecular formula is C16H17N5O2. The van der Waals surface area contributed by atoms with E-state index >= 15 is 0 Å². The van der Waals surface area contributed by atoms with E-state index in [1.54, 1.807) is 4.90 Å². The summed E-state index contributed by atoms with van der Waals surface area (Å²) in [5.41, 5.74) is 2.94. The van der Waals surface area contributed by atoms with E-state index in [0.717, 1.165) is 35.3 Å². The summed E-state index contributed by atoms with van der Waals surface area (Å²) >= 11 is 0. The molecule has 1 atom stereocenters. The van der Waals surface area contributed by atoms with Crippen LogP contribution in [0, 0.1) is 6.92 Å². The van der Waals surface area contributed by atoms with Gasteiger partial charge in [-0.05, 0) is 31.4 Å². The Bertz CT molecular complexity index is 935. The first-order valence-corrected chi connectivity index (χ1v) is 7.67. The van der Waals surface area contributed by atoms with Crippen molar-refractivity contribution in [3.63, 3.8) is 0 Å². The Morgan fingerprint density at radius 2 is 2.22 bits per heavy atom. The maximum Gasteiger partial charge on any atom is 0.323 e. The minimum absolute atomic E-state index is 0.0901. The van der Waals surface area contributed by atoms with E-state index in [1.165, 1.54) is 6.20 Å². The van der Waals surface area contributed by atoms with Gasteiger partial charge < -0.3 is 19.9 Å². The molecule has 1 saturated heterocycles. The van der Waals surface area contributed by atoms with Crippen molar-refractivity contribution in [3.8, 4) is 0 Å². The molecular weight excluding hydrogens is 294 g/mol. The van der Waals surface area contributed by atoms with Gasteiger partial charge in [-0.1, -0.05) is 12.1 Å². The Morgan fingerprint density at radius 1 is 1.35 bits per heavy atom. The maximum absolute atomic E-state index is 12.6. The van der Waals surface area contributed by atoms with Crippen LogP contribution in [0.3, 0.4) is 0 Å². The molecule has 0 bridgehead atoms. The minimum Gasteiger partial charge on any atom is -0.340 e. The van der Waals surface area contributed by atoms with Crippen LogP contribution in [0.4, 0.5) is 0 Å². The second-order valence-electron chi connectivity index (χ2n) is 5.91. The lowest BCUT2D eigenvalue weighted by Gasteiger charge is -2.22. The zero-order chi connectivity index (χ0) is 16.0. The van der Waals surface area contributed by atoms with Crippen LogP contribution in [-0.4, -0.2) is 37.3 Å². The highest BCUT2D eigenvalue weighted by Gasteiger charge is 2.33. The molecule has 1 aromatic carbocycles. The number of fused-ring (bicyclic) bond motifs is 1. The molecule has 3 aromatic rings. The minimum atomic E-state index is -0.372. The van der Waals surface area contributed by atoms with Gasteiger partial charge in [-0.25, -0.2) is 9.78 Å². The van der Waals surface area contributed by atoms with Gasteiger partial charge in [0, 0.05) is 12.7 Å². The molecule has 4 rings (SSSR count). The van der Waals surface area contributed by atoms with Crippen molar-refractivity contribution in [1.29, 1.82) is 0 Å². The number of aromatic nitrogens is 4. The largest absolute Gasteiger partial charge is 0.340 e. The van der Waals surface area contributed by atoms with Crippen LogP contribution in [0.15, 0.2) is 29.2 Å². The van der Waals surface area contributed by atoms with E-state index < -0.39 is 0 Å². The quantitative estimate of drug-likeness (QED) is 0.674. The molecule has 118 valence electrons. The molecule has 7 nitrogen and oxygen atoms in total. The van der Waals surface area contributed by atoms with E-state index in [0.29, 0.717) is 6.54 Å². The zero-order valence-electron chi connectivity index (χ0n) is 12.7. The van der Waals surface area contributed by atoms with Crippen LogP contribution in [0.5, 0.6) is 0 Å². The summed E-state index contributed by atoms with van der Waals surface area (Å²) in [6.45, 7) is 2.68. The highest BCUT2D eigenvalue weighted by molar-refractivity contribution is 5.92. The third kappa shape index (κ3) is 2.25. The summed E-state index contributed by atoms with van der Waals surface area (Å²) < 4.78 is 0. The fourth-order valence-corrected chi connectivity index (χ4v) is 3.25. The Morgan fingerprint density at radius 3 is 2.96 bits per heavy atom. The number of nitrogens with zero attached hydrogens (tertiary/aromatic N) is 2. The van der Waals surface area contributed by atoms with Gasteiger partial charge in [0.25, 0.3) is 5.91 Å². The topological polar surface area (TPSA) is 97.6 Å². The summed E-state index contributed by atoms with van der Waals surface area (Å²) in [6, 6.07) is 5.91. The molecule has 0 aliphatic carbocycles. The van der Waals surface area contributed by atoms with Crippen LogP contribution in [0.1, 0.15) is 40.8 Å². The number of imidazole rings is 2. The number of benzene rings is 1. The fourth-order valence-electron chi connectivity index (χ4n) is 3.25. The number of amides is 1. The van der Waals surface area contributed by atoms with E-state index in [4.69, 9.17) is 4.98 Å². The average molecular weight is 311 g/mol. The van der Waals surface area contributed by atoms with Crippen LogP contribution >= 0.6 is 0 Å². The van der Waals surface area contributed by atoms with E-state index in [-0.39, 0.29) is 23.3 Å². The lowest BCUT2D eigenvalue weighted by molar-refractivity contribution is 0.0725. The predicted octanol–water partition coefficient (Wildman–Crippen LogP) is 1.87. The summed E-state index contributed by atoms with van der Waals surface area (Å²) in [4.78, 5) is 38.6. The molecule has 3 N–H and O–H groups in total. The number of hydrogen-bond acceptors (Lipinski definition) is 3. The van der Waals surface area contributed by atoms with Crippen LogP contribution in [0.2, 0.25) is 0 Å². The maximum atomic E-state index is 12.6. The normalized spacial score (nSPS) is 18.0. The van der Waals surface area contributed by atoms with Gasteiger partial charge >= 0.3 is 5.69 Å². The summed E-state index contributed by atoms with van der Waals surface area (Å²) in [5.74, 6) is 0.626. The number of para-hydroxylation sites is 1. The van der Waals surface area contributed by atoms with Crippen molar-refractivity contribution >= 4 is 16.9 Å². The number of aromatic amines is 3. The number of rotatable bonds is 2. The van der Waals surface area contributed by atoms with Crippen LogP contribution in [0.25, 0.3) is 11.0 Å². The highest BCUT2D eigenvalue weighted by Crippen LogP contribution is 2.32. The Kier molecular flexibility index (Phi) is 3.07. The second-order valence-corrected chi connectivity index (χ2v) is 5.91. The molecule has 0 spiro atoms. The Balaban J connectivity index is 1.70. The van der Waals surface area contributed by atoms with Crippen molar-refractivity contribution < 1.29 is 4.79 Å². The number of likely N-dealkylation sites (tertiary alicyclic amines) is 1. The van der Waals surface area contributed by atoms with Crippen molar-refractivity contribution in [2.24, 2.45) is 0 Å². The summed E-state index contributed by atoms with van der Waals surface area (Å²) in [5, 5.41) is 0. The van der Waals surface area contributed by atoms with Gasteiger partial charge in [0.1, 0.15) is 11.5 Å². The number of aryl methyl sites for hydroxylation is 1. The number of hydrogen-bond donors (Lipinski definition) is 3. The highest BCUT2D eigenvalue weighted by atomic mass is 16.2. The molecule has 3 heterocycles. The molecule has 7 heteroatoms. The van der Waals surface area contributed by atoms with Gasteiger partial charge in [-0.3, -0.25) is 4.79 Å². The molecule has 1 aliphatic rings. The van der Waals surface area contributed by atoms with E-state index in [1.807, 2.05) is 25.1 Å². The Hall–Kier alpha value is -2.83. The fraction of sp³-hybridized carbons (Fsp3) is 0.312. The van der Waals surface area contributed by atoms with Gasteiger partial charge in [-0.15, -0.1) is 0 Å². The zero-order valence-corrected chi connectivity index (χ0v) is 12.7. The number of nitrogens with one attached hydrogen (secondary N) is 3. The SMILES string of the molecule is Cc1cccc2[nH]c([C@@H]3CCCN3C(=O)c3c[nH]c(=O)[nH]3)nc12. The lowest BCUT2D eigenvalue weighted by atomic mass is 10.2. The molecule has 1 amide bonds. The van der Waals surface area contributed by atoms with Crippen molar-refractivity contribution in [1.82, 2.24) is 24.8 Å². The molecule has 1 fully saturated rings. The standard InChI is InChI=1S/C16H17N5O2/c1-9-4-2-5-10-13(9)20-14(18-10)12-6-3-7-21(12)15(22)11-8-17-16(23)19-11/h2,4-5,8,12H,3,6-7H2,1H3,(H,18,20)(H2,17,19,23)/t12-/m0/s1. The van der Waals surface area contributed by atoms with Crippen LogP contribution in [-0.2, 0) is 0 Å². The third-order valence-corrected chi connectivity index (χ3v) is 4.39. The molecule has 1 aliphatic heterocycles. The van der Waals surface area contributed by atoms with Crippen LogP contribution < -0.4 is 5.69 Å². The van der Waals surface area contributed by atoms with Crippen molar-refractivity contribution in [3.05, 3.63) is 52.0 Å². The monoisotopic (exact) mass is 311 g/mol. The molecule has 0 unspecified atom stereocenters. The lowest BCUT2D eigenvalue weighted by Crippen LogP contribution is -2.31. The molecule has 2 aromatic heterocycles. The van der Waals surface area contributed by atoms with Gasteiger partial charge in [0.05, 0.1) is 17.1 Å².